The van der Waals surface area contributed by atoms with Crippen LogP contribution in [0.15, 0.2) is 42.9 Å². The molecule has 2 aromatic heterocycles. The predicted octanol–water partition coefficient (Wildman–Crippen LogP) is -1.39. The van der Waals surface area contributed by atoms with Gasteiger partial charge in [-0.3, -0.25) is 9.78 Å². The standard InChI is InChI=1S/C17H17ClN6O3.C4H4O4/c1-22-6-8-23(9-7-22)17(26)27-16-14-13(19-4-5-20-14)15(25)24(16)12-3-2-11(18)10-21-12;5-3(6)1-2-4(7)8/h2-5,10,16H,6-9H2,1H3;1-2H,(H,5,6)(H,7,8)/p-2/b;2-1-/t16-;/m0./s1. The Morgan fingerprint density at radius 3 is 2.23 bits per heavy atom. The number of ether oxygens (including phenoxy) is 1. The molecule has 14 heteroatoms. The Hall–Kier alpha value is -4.10. The number of hydrogen-bond acceptors (Lipinski definition) is 11. The topological polar surface area (TPSA) is 172 Å². The van der Waals surface area contributed by atoms with Gasteiger partial charge in [-0.1, -0.05) is 11.6 Å². The number of hydrogen-bond donors (Lipinski definition) is 0. The van der Waals surface area contributed by atoms with Gasteiger partial charge in [-0.2, -0.15) is 0 Å². The van der Waals surface area contributed by atoms with Crippen LogP contribution in [0.4, 0.5) is 10.6 Å². The zero-order valence-corrected chi connectivity index (χ0v) is 19.1. The third-order valence-corrected chi connectivity index (χ3v) is 5.13. The lowest BCUT2D eigenvalue weighted by Crippen LogP contribution is -2.48. The van der Waals surface area contributed by atoms with Gasteiger partial charge in [0.25, 0.3) is 5.91 Å². The van der Waals surface area contributed by atoms with Crippen LogP contribution in [-0.2, 0) is 14.3 Å². The van der Waals surface area contributed by atoms with Crippen molar-refractivity contribution in [3.63, 3.8) is 0 Å². The van der Waals surface area contributed by atoms with E-state index in [4.69, 9.17) is 16.3 Å². The number of aromatic nitrogens is 3. The first-order valence-electron chi connectivity index (χ1n) is 10.2. The number of carboxylic acid groups (broad SMARTS) is 2. The van der Waals surface area contributed by atoms with Gasteiger partial charge in [0.05, 0.1) is 17.0 Å². The Kier molecular flexibility index (Phi) is 8.28. The van der Waals surface area contributed by atoms with E-state index in [1.165, 1.54) is 23.5 Å². The van der Waals surface area contributed by atoms with Crippen LogP contribution in [0, 0.1) is 0 Å². The minimum absolute atomic E-state index is 0.144. The van der Waals surface area contributed by atoms with Crippen LogP contribution < -0.4 is 15.1 Å². The first kappa shape index (κ1) is 25.5. The Balaban J connectivity index is 0.000000371. The predicted molar refractivity (Wildman–Crippen MR) is 116 cm³/mol. The van der Waals surface area contributed by atoms with E-state index in [9.17, 15) is 29.4 Å². The van der Waals surface area contributed by atoms with E-state index in [0.717, 1.165) is 13.1 Å². The Bertz CT molecular complexity index is 1120. The highest BCUT2D eigenvalue weighted by atomic mass is 35.5. The monoisotopic (exact) mass is 502 g/mol. The molecule has 0 radical (unpaired) electrons. The number of carbonyl (C=O) groups is 4. The molecule has 2 aromatic rings. The van der Waals surface area contributed by atoms with Crippen LogP contribution in [-0.4, -0.2) is 81.9 Å². The molecule has 0 saturated carbocycles. The van der Waals surface area contributed by atoms with Crippen LogP contribution in [0.5, 0.6) is 0 Å². The van der Waals surface area contributed by atoms with Gasteiger partial charge in [0.15, 0.2) is 5.69 Å². The average Bonchev–Trinajstić information content (AvgIpc) is 3.11. The highest BCUT2D eigenvalue weighted by molar-refractivity contribution is 6.30. The third-order valence-electron chi connectivity index (χ3n) is 4.90. The Labute approximate surface area is 204 Å². The molecule has 0 aliphatic carbocycles. The van der Waals surface area contributed by atoms with Crippen molar-refractivity contribution in [3.8, 4) is 0 Å². The second-order valence-electron chi connectivity index (χ2n) is 7.30. The lowest BCUT2D eigenvalue weighted by atomic mass is 10.3. The molecule has 0 unspecified atom stereocenters. The molecule has 0 spiro atoms. The number of anilines is 1. The number of halogens is 1. The van der Waals surface area contributed by atoms with Crippen molar-refractivity contribution in [2.75, 3.05) is 38.1 Å². The summed E-state index contributed by atoms with van der Waals surface area (Å²) in [5.41, 5.74) is 0.437. The number of likely N-dealkylation sites (N-methyl/N-ethyl adjacent to an activating group) is 1. The van der Waals surface area contributed by atoms with E-state index < -0.39 is 30.2 Å². The number of piperazine rings is 1. The number of pyridine rings is 1. The zero-order valence-electron chi connectivity index (χ0n) is 18.4. The van der Waals surface area contributed by atoms with Crippen molar-refractivity contribution in [2.45, 2.75) is 6.23 Å². The second kappa shape index (κ2) is 11.4. The Morgan fingerprint density at radius 2 is 1.66 bits per heavy atom. The van der Waals surface area contributed by atoms with Gasteiger partial charge >= 0.3 is 6.09 Å². The van der Waals surface area contributed by atoms with Crippen molar-refractivity contribution >= 4 is 41.4 Å². The molecule has 0 aromatic carbocycles. The number of carbonyl (C=O) groups excluding carboxylic acids is 4. The van der Waals surface area contributed by atoms with E-state index >= 15 is 0 Å². The van der Waals surface area contributed by atoms with Crippen molar-refractivity contribution in [3.05, 3.63) is 59.3 Å². The van der Waals surface area contributed by atoms with E-state index in [1.54, 1.807) is 17.0 Å². The van der Waals surface area contributed by atoms with E-state index in [1.807, 2.05) is 7.05 Å². The largest absolute Gasteiger partial charge is 0.545 e. The summed E-state index contributed by atoms with van der Waals surface area (Å²) in [6.45, 7) is 2.64. The van der Waals surface area contributed by atoms with Gasteiger partial charge in [-0.05, 0) is 31.3 Å². The molecule has 4 heterocycles. The minimum atomic E-state index is -1.55. The number of fused-ring (bicyclic) bond motifs is 1. The summed E-state index contributed by atoms with van der Waals surface area (Å²) in [6, 6.07) is 3.20. The van der Waals surface area contributed by atoms with Crippen molar-refractivity contribution in [1.29, 1.82) is 0 Å². The average molecular weight is 503 g/mol. The number of carboxylic acids is 2. The summed E-state index contributed by atoms with van der Waals surface area (Å²) in [5, 5.41) is 19.3. The highest BCUT2D eigenvalue weighted by Gasteiger charge is 2.44. The van der Waals surface area contributed by atoms with Gasteiger partial charge < -0.3 is 34.3 Å². The summed E-state index contributed by atoms with van der Waals surface area (Å²) >= 11 is 5.89. The summed E-state index contributed by atoms with van der Waals surface area (Å²) in [7, 11) is 2.00. The lowest BCUT2D eigenvalue weighted by molar-refractivity contribution is -0.301. The van der Waals surface area contributed by atoms with Crippen LogP contribution in [0.3, 0.4) is 0 Å². The molecule has 2 amide bonds. The number of amides is 2. The molecule has 1 fully saturated rings. The molecule has 1 saturated heterocycles. The fourth-order valence-corrected chi connectivity index (χ4v) is 3.29. The number of nitrogens with zero attached hydrogens (tertiary/aromatic N) is 6. The van der Waals surface area contributed by atoms with Gasteiger partial charge in [-0.15, -0.1) is 0 Å². The van der Waals surface area contributed by atoms with E-state index in [0.29, 0.717) is 41.8 Å². The Morgan fingerprint density at radius 1 is 1.03 bits per heavy atom. The summed E-state index contributed by atoms with van der Waals surface area (Å²) in [4.78, 5) is 61.8. The molecule has 4 rings (SSSR count). The molecule has 1 atom stereocenters. The summed E-state index contributed by atoms with van der Waals surface area (Å²) in [6.07, 6.45) is 3.55. The van der Waals surface area contributed by atoms with Crippen molar-refractivity contribution in [2.24, 2.45) is 0 Å². The van der Waals surface area contributed by atoms with Crippen LogP contribution in [0.1, 0.15) is 22.4 Å². The summed E-state index contributed by atoms with van der Waals surface area (Å²) < 4.78 is 5.68. The van der Waals surface area contributed by atoms with Gasteiger partial charge in [0.2, 0.25) is 6.23 Å². The molecule has 184 valence electrons. The van der Waals surface area contributed by atoms with Crippen molar-refractivity contribution in [1.82, 2.24) is 24.8 Å². The van der Waals surface area contributed by atoms with Gasteiger partial charge in [0.1, 0.15) is 11.5 Å². The fraction of sp³-hybridized carbons (Fsp3) is 0.286. The second-order valence-corrected chi connectivity index (χ2v) is 7.73. The van der Waals surface area contributed by atoms with Gasteiger partial charge in [-0.25, -0.2) is 19.7 Å². The highest BCUT2D eigenvalue weighted by Crippen LogP contribution is 2.35. The van der Waals surface area contributed by atoms with Crippen LogP contribution in [0.25, 0.3) is 0 Å². The molecule has 13 nitrogen and oxygen atoms in total. The first-order chi connectivity index (χ1) is 16.7. The summed E-state index contributed by atoms with van der Waals surface area (Å²) in [5.74, 6) is -3.21. The maximum Gasteiger partial charge on any atom is 0.412 e. The number of rotatable bonds is 4. The maximum atomic E-state index is 12.8. The molecule has 2 aliphatic heterocycles. The fourth-order valence-electron chi connectivity index (χ4n) is 3.18. The van der Waals surface area contributed by atoms with Gasteiger partial charge in [0, 0.05) is 44.8 Å². The maximum absolute atomic E-state index is 12.8. The third kappa shape index (κ3) is 6.49. The number of aliphatic carboxylic acids is 2. The van der Waals surface area contributed by atoms with E-state index in [2.05, 4.69) is 19.9 Å². The normalized spacial score (nSPS) is 17.5. The smallest absolute Gasteiger partial charge is 0.412 e. The lowest BCUT2D eigenvalue weighted by Gasteiger charge is -2.33. The molecule has 0 N–H and O–H groups in total. The van der Waals surface area contributed by atoms with E-state index in [-0.39, 0.29) is 5.69 Å². The molecule has 35 heavy (non-hydrogen) atoms. The molecular formula is C21H19ClN6O7-2. The molecule has 0 bridgehead atoms. The van der Waals surface area contributed by atoms with Crippen LogP contribution in [0.2, 0.25) is 5.02 Å². The van der Waals surface area contributed by atoms with Crippen molar-refractivity contribution < 1.29 is 34.1 Å². The van der Waals surface area contributed by atoms with Crippen LogP contribution >= 0.6 is 11.6 Å². The minimum Gasteiger partial charge on any atom is -0.545 e. The quantitative estimate of drug-likeness (QED) is 0.450. The zero-order chi connectivity index (χ0) is 25.5. The first-order valence-corrected chi connectivity index (χ1v) is 10.6. The molecular weight excluding hydrogens is 484 g/mol. The SMILES string of the molecule is CN1CCN(C(=O)O[C@H]2c3nccnc3C(=O)N2c2ccc(Cl)cn2)CC1.O=C([O-])/C=C\C(=O)[O-]. The molecule has 2 aliphatic rings.